The molecule has 2 aromatic carbocycles. The second kappa shape index (κ2) is 7.28. The number of carbonyl (C=O) groups is 2. The summed E-state index contributed by atoms with van der Waals surface area (Å²) in [5.41, 5.74) is 6.51. The molecular formula is C22H25NO5. The van der Waals surface area contributed by atoms with Crippen molar-refractivity contribution in [2.24, 2.45) is 5.41 Å². The zero-order valence-corrected chi connectivity index (χ0v) is 16.3. The van der Waals surface area contributed by atoms with E-state index in [2.05, 4.69) is 0 Å². The molecule has 0 saturated heterocycles. The Balaban J connectivity index is 1.86. The van der Waals surface area contributed by atoms with Crippen molar-refractivity contribution < 1.29 is 24.5 Å². The molecule has 1 aliphatic rings. The summed E-state index contributed by atoms with van der Waals surface area (Å²) in [7, 11) is 0. The van der Waals surface area contributed by atoms with Crippen molar-refractivity contribution in [2.45, 2.75) is 39.7 Å². The van der Waals surface area contributed by atoms with E-state index in [9.17, 15) is 19.8 Å². The fourth-order valence-electron chi connectivity index (χ4n) is 3.51. The molecule has 0 aliphatic heterocycles. The molecule has 6 heteroatoms. The number of nitrogen functional groups attached to an aromatic ring is 1. The lowest BCUT2D eigenvalue weighted by Gasteiger charge is -2.23. The highest BCUT2D eigenvalue weighted by Gasteiger charge is 2.35. The van der Waals surface area contributed by atoms with Gasteiger partial charge in [0.25, 0.3) is 0 Å². The molecule has 3 rings (SSSR count). The molecule has 1 unspecified atom stereocenters. The van der Waals surface area contributed by atoms with Crippen molar-refractivity contribution in [1.29, 1.82) is 0 Å². The first-order valence-corrected chi connectivity index (χ1v) is 9.25. The molecule has 4 N–H and O–H groups in total. The monoisotopic (exact) mass is 383 g/mol. The first-order valence-electron chi connectivity index (χ1n) is 9.25. The molecule has 148 valence electrons. The van der Waals surface area contributed by atoms with E-state index in [1.807, 2.05) is 20.8 Å². The molecule has 28 heavy (non-hydrogen) atoms. The van der Waals surface area contributed by atoms with Gasteiger partial charge in [0, 0.05) is 23.6 Å². The number of ether oxygens (including phenoxy) is 1. The molecule has 0 amide bonds. The Morgan fingerprint density at radius 2 is 1.64 bits per heavy atom. The van der Waals surface area contributed by atoms with Gasteiger partial charge in [0.2, 0.25) is 0 Å². The fraction of sp³-hybridized carbons (Fsp3) is 0.364. The van der Waals surface area contributed by atoms with Crippen molar-refractivity contribution >= 4 is 17.3 Å². The number of nitrogens with two attached hydrogens (primary N) is 1. The first-order chi connectivity index (χ1) is 13.1. The molecule has 0 fully saturated rings. The van der Waals surface area contributed by atoms with Crippen LogP contribution in [0.1, 0.15) is 65.5 Å². The maximum atomic E-state index is 12.9. The Labute approximate surface area is 163 Å². The van der Waals surface area contributed by atoms with E-state index in [1.54, 1.807) is 24.3 Å². The maximum Gasteiger partial charge on any atom is 0.198 e. The van der Waals surface area contributed by atoms with Crippen LogP contribution in [0, 0.1) is 5.41 Å². The van der Waals surface area contributed by atoms with Gasteiger partial charge < -0.3 is 20.7 Å². The van der Waals surface area contributed by atoms with Gasteiger partial charge in [-0.15, -0.1) is 0 Å². The van der Waals surface area contributed by atoms with Gasteiger partial charge in [0.05, 0.1) is 29.5 Å². The minimum Gasteiger partial charge on any atom is -0.507 e. The first kappa shape index (κ1) is 19.9. The Morgan fingerprint density at radius 3 is 2.21 bits per heavy atom. The SMILES string of the molecule is CC(C)(C)CC(O)CCOc1cc(O)c2c(c1N)C(=O)c1ccccc1C2=O. The molecule has 2 aromatic rings. The van der Waals surface area contributed by atoms with Gasteiger partial charge in [-0.2, -0.15) is 0 Å². The molecule has 1 atom stereocenters. The number of fused-ring (bicyclic) bond motifs is 2. The number of hydrogen-bond donors (Lipinski definition) is 3. The van der Waals surface area contributed by atoms with Crippen LogP contribution < -0.4 is 10.5 Å². The highest BCUT2D eigenvalue weighted by molar-refractivity contribution is 6.31. The topological polar surface area (TPSA) is 110 Å². The van der Waals surface area contributed by atoms with Crippen LogP contribution in [0.25, 0.3) is 0 Å². The summed E-state index contributed by atoms with van der Waals surface area (Å²) in [5.74, 6) is -1.08. The number of phenols is 1. The number of aliphatic hydroxyl groups is 1. The Hall–Kier alpha value is -2.86. The maximum absolute atomic E-state index is 12.9. The number of aliphatic hydroxyl groups excluding tert-OH is 1. The van der Waals surface area contributed by atoms with Gasteiger partial charge in [-0.25, -0.2) is 0 Å². The van der Waals surface area contributed by atoms with E-state index < -0.39 is 17.7 Å². The highest BCUT2D eigenvalue weighted by Crippen LogP contribution is 2.41. The number of rotatable bonds is 5. The summed E-state index contributed by atoms with van der Waals surface area (Å²) in [6, 6.07) is 7.70. The Morgan fingerprint density at radius 1 is 1.07 bits per heavy atom. The van der Waals surface area contributed by atoms with Gasteiger partial charge in [-0.1, -0.05) is 45.0 Å². The summed E-state index contributed by atoms with van der Waals surface area (Å²) in [5, 5.41) is 20.5. The average Bonchev–Trinajstić information content (AvgIpc) is 2.60. The number of anilines is 1. The summed E-state index contributed by atoms with van der Waals surface area (Å²) in [6.07, 6.45) is 0.456. The smallest absolute Gasteiger partial charge is 0.198 e. The van der Waals surface area contributed by atoms with Gasteiger partial charge in [-0.05, 0) is 11.8 Å². The summed E-state index contributed by atoms with van der Waals surface area (Å²) >= 11 is 0. The summed E-state index contributed by atoms with van der Waals surface area (Å²) < 4.78 is 5.63. The van der Waals surface area contributed by atoms with E-state index in [-0.39, 0.29) is 51.5 Å². The van der Waals surface area contributed by atoms with E-state index in [0.29, 0.717) is 12.8 Å². The molecule has 1 aliphatic carbocycles. The van der Waals surface area contributed by atoms with Crippen LogP contribution in [0.2, 0.25) is 0 Å². The quantitative estimate of drug-likeness (QED) is 0.461. The predicted octanol–water partition coefficient (Wildman–Crippen LogP) is 3.32. The van der Waals surface area contributed by atoms with E-state index in [1.165, 1.54) is 6.07 Å². The van der Waals surface area contributed by atoms with Crippen molar-refractivity contribution in [3.8, 4) is 11.5 Å². The molecule has 0 bridgehead atoms. The third kappa shape index (κ3) is 3.73. The third-order valence-corrected chi connectivity index (χ3v) is 4.74. The minimum atomic E-state index is -0.539. The second-order valence-corrected chi connectivity index (χ2v) is 8.32. The summed E-state index contributed by atoms with van der Waals surface area (Å²) in [6.45, 7) is 6.28. The third-order valence-electron chi connectivity index (χ3n) is 4.74. The minimum absolute atomic E-state index is 0.0112. The molecule has 0 radical (unpaired) electrons. The molecular weight excluding hydrogens is 358 g/mol. The van der Waals surface area contributed by atoms with E-state index in [0.717, 1.165) is 0 Å². The van der Waals surface area contributed by atoms with Gasteiger partial charge in [0.15, 0.2) is 11.6 Å². The number of phenolic OH excluding ortho intramolecular Hbond substituents is 1. The zero-order chi connectivity index (χ0) is 20.6. The summed E-state index contributed by atoms with van der Waals surface area (Å²) in [4.78, 5) is 25.6. The highest BCUT2D eigenvalue weighted by atomic mass is 16.5. The lowest BCUT2D eigenvalue weighted by molar-refractivity contribution is 0.0960. The number of carbonyl (C=O) groups excluding carboxylic acids is 2. The predicted molar refractivity (Wildman–Crippen MR) is 106 cm³/mol. The molecule has 0 spiro atoms. The van der Waals surface area contributed by atoms with Crippen LogP contribution >= 0.6 is 0 Å². The van der Waals surface area contributed by atoms with Crippen LogP contribution in [-0.4, -0.2) is 34.5 Å². The van der Waals surface area contributed by atoms with Crippen molar-refractivity contribution in [3.05, 3.63) is 52.6 Å². The lowest BCUT2D eigenvalue weighted by Crippen LogP contribution is -2.23. The number of benzene rings is 2. The van der Waals surface area contributed by atoms with Gasteiger partial charge >= 0.3 is 0 Å². The van der Waals surface area contributed by atoms with Crippen LogP contribution in [-0.2, 0) is 0 Å². The van der Waals surface area contributed by atoms with Crippen molar-refractivity contribution in [1.82, 2.24) is 0 Å². The van der Waals surface area contributed by atoms with Crippen molar-refractivity contribution in [2.75, 3.05) is 12.3 Å². The Kier molecular flexibility index (Phi) is 5.17. The normalized spacial score (nSPS) is 14.4. The average molecular weight is 383 g/mol. The number of aromatic hydroxyl groups is 1. The number of ketones is 2. The molecule has 0 heterocycles. The van der Waals surface area contributed by atoms with Crippen LogP contribution in [0.5, 0.6) is 11.5 Å². The van der Waals surface area contributed by atoms with E-state index >= 15 is 0 Å². The molecule has 0 saturated carbocycles. The van der Waals surface area contributed by atoms with Crippen LogP contribution in [0.4, 0.5) is 5.69 Å². The number of hydrogen-bond acceptors (Lipinski definition) is 6. The van der Waals surface area contributed by atoms with Gasteiger partial charge in [0.1, 0.15) is 11.5 Å². The van der Waals surface area contributed by atoms with E-state index in [4.69, 9.17) is 10.5 Å². The lowest BCUT2D eigenvalue weighted by atomic mass is 9.82. The molecule has 0 aromatic heterocycles. The fourth-order valence-corrected chi connectivity index (χ4v) is 3.51. The standard InChI is InChI=1S/C22H25NO5/c1-22(2,3)11-12(24)8-9-28-16-10-15(25)17-18(19(16)23)21(27)14-7-5-4-6-13(14)20(17)26/h4-7,10,12,24-25H,8-9,11,23H2,1-3H3. The molecule has 6 nitrogen and oxygen atoms in total. The zero-order valence-electron chi connectivity index (χ0n) is 16.3. The van der Waals surface area contributed by atoms with Crippen molar-refractivity contribution in [3.63, 3.8) is 0 Å². The Bertz CT molecular complexity index is 943. The van der Waals surface area contributed by atoms with Crippen LogP contribution in [0.3, 0.4) is 0 Å². The largest absolute Gasteiger partial charge is 0.507 e. The van der Waals surface area contributed by atoms with Crippen LogP contribution in [0.15, 0.2) is 30.3 Å². The van der Waals surface area contributed by atoms with Gasteiger partial charge in [-0.3, -0.25) is 9.59 Å². The second-order valence-electron chi connectivity index (χ2n) is 8.32.